The molecule has 6 nitrogen and oxygen atoms in total. The van der Waals surface area contributed by atoms with E-state index in [1.54, 1.807) is 12.4 Å². The summed E-state index contributed by atoms with van der Waals surface area (Å²) in [4.78, 5) is 6.47. The highest BCUT2D eigenvalue weighted by atomic mass is 32.1. The number of pyridine rings is 1. The van der Waals surface area contributed by atoms with Gasteiger partial charge in [-0.2, -0.15) is 5.10 Å². The second-order valence-corrected chi connectivity index (χ2v) is 5.43. The van der Waals surface area contributed by atoms with Crippen molar-refractivity contribution in [2.75, 3.05) is 32.8 Å². The van der Waals surface area contributed by atoms with Crippen molar-refractivity contribution in [2.45, 2.75) is 13.0 Å². The normalized spacial score (nSPS) is 16.2. The fourth-order valence-corrected chi connectivity index (χ4v) is 2.75. The first-order valence-electron chi connectivity index (χ1n) is 7.20. The summed E-state index contributed by atoms with van der Waals surface area (Å²) in [5, 5.41) is 7.22. The van der Waals surface area contributed by atoms with Crippen LogP contribution in [0.5, 0.6) is 0 Å². The molecule has 0 radical (unpaired) electrons. The molecule has 2 aromatic heterocycles. The quantitative estimate of drug-likeness (QED) is 0.853. The van der Waals surface area contributed by atoms with Crippen molar-refractivity contribution < 1.29 is 4.74 Å². The van der Waals surface area contributed by atoms with E-state index < -0.39 is 0 Å². The van der Waals surface area contributed by atoms with Gasteiger partial charge in [0.2, 0.25) is 0 Å². The Balaban J connectivity index is 1.65. The van der Waals surface area contributed by atoms with Crippen molar-refractivity contribution in [3.8, 4) is 11.4 Å². The van der Waals surface area contributed by atoms with E-state index in [1.165, 1.54) is 0 Å². The van der Waals surface area contributed by atoms with Gasteiger partial charge in [0, 0.05) is 44.1 Å². The zero-order valence-corrected chi connectivity index (χ0v) is 12.7. The van der Waals surface area contributed by atoms with Gasteiger partial charge in [0.1, 0.15) is 0 Å². The zero-order chi connectivity index (χ0) is 14.5. The predicted octanol–water partition coefficient (Wildman–Crippen LogP) is 1.72. The minimum Gasteiger partial charge on any atom is -0.379 e. The van der Waals surface area contributed by atoms with Crippen LogP contribution in [0.2, 0.25) is 0 Å². The first-order valence-corrected chi connectivity index (χ1v) is 7.61. The van der Waals surface area contributed by atoms with Gasteiger partial charge in [-0.15, -0.1) is 0 Å². The molecule has 1 aliphatic heterocycles. The SMILES string of the molecule is S=c1[nH]nc(-c2ccncc2)n1CCCN1CCOCC1. The Hall–Kier alpha value is -1.57. The van der Waals surface area contributed by atoms with Gasteiger partial charge in [-0.25, -0.2) is 0 Å². The maximum absolute atomic E-state index is 5.36. The van der Waals surface area contributed by atoms with E-state index in [1.807, 2.05) is 12.1 Å². The Morgan fingerprint density at radius 3 is 2.71 bits per heavy atom. The molecule has 0 atom stereocenters. The molecule has 0 aliphatic carbocycles. The van der Waals surface area contributed by atoms with Crippen LogP contribution in [0.3, 0.4) is 0 Å². The van der Waals surface area contributed by atoms with Crippen molar-refractivity contribution in [1.29, 1.82) is 0 Å². The summed E-state index contributed by atoms with van der Waals surface area (Å²) in [5.41, 5.74) is 1.03. The predicted molar refractivity (Wildman–Crippen MR) is 82.5 cm³/mol. The summed E-state index contributed by atoms with van der Waals surface area (Å²) >= 11 is 5.34. The molecular formula is C14H19N5OS. The number of ether oxygens (including phenoxy) is 1. The van der Waals surface area contributed by atoms with Crippen molar-refractivity contribution >= 4 is 12.2 Å². The lowest BCUT2D eigenvalue weighted by Crippen LogP contribution is -2.37. The lowest BCUT2D eigenvalue weighted by atomic mass is 10.2. The van der Waals surface area contributed by atoms with Gasteiger partial charge >= 0.3 is 0 Å². The number of rotatable bonds is 5. The van der Waals surface area contributed by atoms with Gasteiger partial charge in [-0.1, -0.05) is 0 Å². The number of nitrogens with one attached hydrogen (secondary N) is 1. The second kappa shape index (κ2) is 6.93. The van der Waals surface area contributed by atoms with Crippen molar-refractivity contribution in [3.63, 3.8) is 0 Å². The molecular weight excluding hydrogens is 286 g/mol. The zero-order valence-electron chi connectivity index (χ0n) is 11.9. The van der Waals surface area contributed by atoms with Gasteiger partial charge in [-0.3, -0.25) is 15.0 Å². The van der Waals surface area contributed by atoms with Gasteiger partial charge in [0.05, 0.1) is 13.2 Å². The van der Waals surface area contributed by atoms with E-state index in [-0.39, 0.29) is 0 Å². The van der Waals surface area contributed by atoms with Gasteiger partial charge < -0.3 is 9.30 Å². The molecule has 0 amide bonds. The van der Waals surface area contributed by atoms with Crippen LogP contribution < -0.4 is 0 Å². The van der Waals surface area contributed by atoms with Crippen LogP contribution in [-0.4, -0.2) is 57.5 Å². The number of aromatic amines is 1. The van der Waals surface area contributed by atoms with Crippen LogP contribution in [0.4, 0.5) is 0 Å². The molecule has 0 aromatic carbocycles. The molecule has 1 aliphatic rings. The van der Waals surface area contributed by atoms with Crippen LogP contribution in [0.25, 0.3) is 11.4 Å². The molecule has 112 valence electrons. The minimum absolute atomic E-state index is 0.670. The lowest BCUT2D eigenvalue weighted by Gasteiger charge is -2.26. The van der Waals surface area contributed by atoms with Crippen molar-refractivity contribution in [3.05, 3.63) is 29.3 Å². The van der Waals surface area contributed by atoms with E-state index in [4.69, 9.17) is 17.0 Å². The summed E-state index contributed by atoms with van der Waals surface area (Å²) in [6, 6.07) is 3.90. The van der Waals surface area contributed by atoms with E-state index in [2.05, 4.69) is 24.6 Å². The molecule has 7 heteroatoms. The Morgan fingerprint density at radius 1 is 1.19 bits per heavy atom. The van der Waals surface area contributed by atoms with Crippen LogP contribution in [0.15, 0.2) is 24.5 Å². The molecule has 0 bridgehead atoms. The van der Waals surface area contributed by atoms with E-state index in [0.717, 1.165) is 57.2 Å². The third-order valence-electron chi connectivity index (χ3n) is 3.66. The fourth-order valence-electron chi connectivity index (χ4n) is 2.52. The number of morpholine rings is 1. The highest BCUT2D eigenvalue weighted by molar-refractivity contribution is 7.71. The Kier molecular flexibility index (Phi) is 4.74. The maximum Gasteiger partial charge on any atom is 0.195 e. The number of nitrogens with zero attached hydrogens (tertiary/aromatic N) is 4. The molecule has 0 saturated carbocycles. The Morgan fingerprint density at radius 2 is 1.95 bits per heavy atom. The monoisotopic (exact) mass is 305 g/mol. The van der Waals surface area contributed by atoms with Gasteiger partial charge in [0.15, 0.2) is 10.6 Å². The van der Waals surface area contributed by atoms with Crippen LogP contribution in [-0.2, 0) is 11.3 Å². The van der Waals surface area contributed by atoms with E-state index in [0.29, 0.717) is 4.77 Å². The Bertz CT molecular complexity index is 618. The molecule has 1 fully saturated rings. The van der Waals surface area contributed by atoms with E-state index in [9.17, 15) is 0 Å². The Labute approximate surface area is 128 Å². The first-order chi connectivity index (χ1) is 10.3. The fraction of sp³-hybridized carbons (Fsp3) is 0.500. The average molecular weight is 305 g/mol. The minimum atomic E-state index is 0.670. The maximum atomic E-state index is 5.36. The molecule has 1 saturated heterocycles. The standard InChI is InChI=1S/C14H19N5OS/c21-14-17-16-13(12-2-4-15-5-3-12)19(14)7-1-6-18-8-10-20-11-9-18/h2-5H,1,6-11H2,(H,17,21). The van der Waals surface area contributed by atoms with Crippen LogP contribution in [0, 0.1) is 4.77 Å². The molecule has 3 rings (SSSR count). The van der Waals surface area contributed by atoms with Crippen molar-refractivity contribution in [1.82, 2.24) is 24.6 Å². The first kappa shape index (κ1) is 14.4. The molecule has 1 N–H and O–H groups in total. The highest BCUT2D eigenvalue weighted by Crippen LogP contribution is 2.16. The second-order valence-electron chi connectivity index (χ2n) is 5.05. The highest BCUT2D eigenvalue weighted by Gasteiger charge is 2.11. The van der Waals surface area contributed by atoms with Crippen LogP contribution >= 0.6 is 12.2 Å². The summed E-state index contributed by atoms with van der Waals surface area (Å²) in [7, 11) is 0. The number of hydrogen-bond donors (Lipinski definition) is 1. The average Bonchev–Trinajstić information content (AvgIpc) is 2.91. The van der Waals surface area contributed by atoms with Gasteiger partial charge in [-0.05, 0) is 30.8 Å². The number of hydrogen-bond acceptors (Lipinski definition) is 5. The third kappa shape index (κ3) is 3.55. The van der Waals surface area contributed by atoms with Gasteiger partial charge in [0.25, 0.3) is 0 Å². The lowest BCUT2D eigenvalue weighted by molar-refractivity contribution is 0.0369. The van der Waals surface area contributed by atoms with E-state index >= 15 is 0 Å². The summed E-state index contributed by atoms with van der Waals surface area (Å²) in [6.45, 7) is 5.65. The largest absolute Gasteiger partial charge is 0.379 e. The molecule has 0 spiro atoms. The van der Waals surface area contributed by atoms with Crippen LogP contribution in [0.1, 0.15) is 6.42 Å². The summed E-state index contributed by atoms with van der Waals surface area (Å²) in [5.74, 6) is 0.879. The molecule has 3 heterocycles. The smallest absolute Gasteiger partial charge is 0.195 e. The molecule has 2 aromatic rings. The molecule has 0 unspecified atom stereocenters. The number of H-pyrrole nitrogens is 1. The topological polar surface area (TPSA) is 59.0 Å². The number of aromatic nitrogens is 4. The summed E-state index contributed by atoms with van der Waals surface area (Å²) in [6.07, 6.45) is 4.59. The molecule has 21 heavy (non-hydrogen) atoms. The van der Waals surface area contributed by atoms with Crippen molar-refractivity contribution in [2.24, 2.45) is 0 Å². The summed E-state index contributed by atoms with van der Waals surface area (Å²) < 4.78 is 8.09. The third-order valence-corrected chi connectivity index (χ3v) is 3.97.